The molecule has 16 heavy (non-hydrogen) atoms. The van der Waals surface area contributed by atoms with Gasteiger partial charge in [0.2, 0.25) is 0 Å². The minimum Gasteiger partial charge on any atom is -0.481 e. The Kier molecular flexibility index (Phi) is 5.10. The molecular formula is C10H12O5S. The fourth-order valence-electron chi connectivity index (χ4n) is 1.26. The van der Waals surface area contributed by atoms with Crippen molar-refractivity contribution in [1.82, 2.24) is 0 Å². The molecule has 2 N–H and O–H groups in total. The quantitative estimate of drug-likeness (QED) is 0.732. The van der Waals surface area contributed by atoms with Crippen LogP contribution in [-0.2, 0) is 26.8 Å². The van der Waals surface area contributed by atoms with Gasteiger partial charge in [-0.05, 0) is 12.0 Å². The van der Waals surface area contributed by atoms with Crippen LogP contribution in [0.3, 0.4) is 0 Å². The smallest absolute Gasteiger partial charge is 0.309 e. The molecule has 1 rings (SSSR count). The maximum atomic E-state index is 10.9. The first-order chi connectivity index (χ1) is 7.59. The number of hydrogen-bond donors (Lipinski definition) is 2. The number of rotatable bonds is 6. The van der Waals surface area contributed by atoms with Gasteiger partial charge >= 0.3 is 17.3 Å². The van der Waals surface area contributed by atoms with Gasteiger partial charge in [-0.3, -0.25) is 13.5 Å². The first-order valence-electron chi connectivity index (χ1n) is 4.60. The third-order valence-corrected chi connectivity index (χ3v) is 2.38. The summed E-state index contributed by atoms with van der Waals surface area (Å²) >= 11 is -2.42. The van der Waals surface area contributed by atoms with Gasteiger partial charge in [0.25, 0.3) is 0 Å². The number of hydrogen-bond acceptors (Lipinski definition) is 3. The van der Waals surface area contributed by atoms with Crippen LogP contribution in [0.15, 0.2) is 30.3 Å². The van der Waals surface area contributed by atoms with Crippen molar-refractivity contribution in [1.29, 1.82) is 0 Å². The Morgan fingerprint density at radius 2 is 2.00 bits per heavy atom. The van der Waals surface area contributed by atoms with Crippen molar-refractivity contribution >= 4 is 17.3 Å². The summed E-state index contributed by atoms with van der Waals surface area (Å²) in [5.74, 6) is -1.87. The van der Waals surface area contributed by atoms with Crippen molar-refractivity contribution in [2.45, 2.75) is 6.42 Å². The van der Waals surface area contributed by atoms with E-state index in [1.165, 1.54) is 0 Å². The second-order valence-electron chi connectivity index (χ2n) is 3.23. The van der Waals surface area contributed by atoms with Gasteiger partial charge in [0, 0.05) is 0 Å². The first kappa shape index (κ1) is 12.8. The predicted octanol–water partition coefficient (Wildman–Crippen LogP) is 1.08. The summed E-state index contributed by atoms with van der Waals surface area (Å²) < 4.78 is 23.1. The molecule has 0 saturated carbocycles. The zero-order valence-electron chi connectivity index (χ0n) is 8.41. The molecule has 88 valence electrons. The van der Waals surface area contributed by atoms with E-state index in [0.717, 1.165) is 5.56 Å². The molecule has 0 aliphatic carbocycles. The van der Waals surface area contributed by atoms with Gasteiger partial charge in [-0.15, -0.1) is 0 Å². The predicted molar refractivity (Wildman–Crippen MR) is 58.0 cm³/mol. The van der Waals surface area contributed by atoms with Gasteiger partial charge in [-0.2, -0.15) is 4.21 Å². The van der Waals surface area contributed by atoms with Crippen LogP contribution in [0.1, 0.15) is 5.56 Å². The number of carbonyl (C=O) groups is 1. The number of aliphatic carboxylic acids is 1. The van der Waals surface area contributed by atoms with Gasteiger partial charge in [0.15, 0.2) is 0 Å². The molecule has 5 nitrogen and oxygen atoms in total. The summed E-state index contributed by atoms with van der Waals surface area (Å²) in [5, 5.41) is 8.89. The zero-order valence-corrected chi connectivity index (χ0v) is 9.22. The van der Waals surface area contributed by atoms with Crippen LogP contribution in [-0.4, -0.2) is 26.4 Å². The average molecular weight is 244 g/mol. The molecule has 0 aromatic heterocycles. The lowest BCUT2D eigenvalue weighted by Crippen LogP contribution is -2.22. The second-order valence-corrected chi connectivity index (χ2v) is 3.90. The second kappa shape index (κ2) is 6.37. The van der Waals surface area contributed by atoms with E-state index in [0.29, 0.717) is 0 Å². The maximum Gasteiger partial charge on any atom is 0.309 e. The van der Waals surface area contributed by atoms with Gasteiger partial charge in [0.05, 0.1) is 12.5 Å². The largest absolute Gasteiger partial charge is 0.481 e. The Bertz CT molecular complexity index is 365. The van der Waals surface area contributed by atoms with Crippen LogP contribution in [0.4, 0.5) is 0 Å². The van der Waals surface area contributed by atoms with E-state index >= 15 is 0 Å². The van der Waals surface area contributed by atoms with Gasteiger partial charge in [-0.1, -0.05) is 30.3 Å². The van der Waals surface area contributed by atoms with Gasteiger partial charge in [-0.25, -0.2) is 0 Å². The highest BCUT2D eigenvalue weighted by molar-refractivity contribution is 7.74. The van der Waals surface area contributed by atoms with Gasteiger partial charge < -0.3 is 5.11 Å². The maximum absolute atomic E-state index is 10.9. The fraction of sp³-hybridized carbons (Fsp3) is 0.300. The van der Waals surface area contributed by atoms with E-state index in [-0.39, 0.29) is 13.0 Å². The molecule has 0 amide bonds. The third kappa shape index (κ3) is 4.52. The molecule has 0 fully saturated rings. The lowest BCUT2D eigenvalue weighted by molar-refractivity contribution is -0.142. The molecule has 0 radical (unpaired) electrons. The van der Waals surface area contributed by atoms with E-state index in [1.54, 1.807) is 24.3 Å². The summed E-state index contributed by atoms with van der Waals surface area (Å²) in [6.07, 6.45) is 0.271. The van der Waals surface area contributed by atoms with Crippen molar-refractivity contribution in [3.05, 3.63) is 35.9 Å². The van der Waals surface area contributed by atoms with E-state index in [1.807, 2.05) is 6.07 Å². The molecule has 0 bridgehead atoms. The van der Waals surface area contributed by atoms with Crippen molar-refractivity contribution in [3.63, 3.8) is 0 Å². The minimum absolute atomic E-state index is 0.271. The molecule has 2 unspecified atom stereocenters. The minimum atomic E-state index is -2.42. The average Bonchev–Trinajstić information content (AvgIpc) is 2.25. The summed E-state index contributed by atoms with van der Waals surface area (Å²) in [7, 11) is 0. The molecule has 2 atom stereocenters. The highest BCUT2D eigenvalue weighted by atomic mass is 32.2. The SMILES string of the molecule is O=C(O)C(COS(=O)O)Cc1ccccc1. The molecule has 1 aromatic carbocycles. The number of benzene rings is 1. The Balaban J connectivity index is 2.58. The molecule has 0 aliphatic rings. The zero-order chi connectivity index (χ0) is 12.0. The van der Waals surface area contributed by atoms with Crippen molar-refractivity contribution in [3.8, 4) is 0 Å². The van der Waals surface area contributed by atoms with Crippen LogP contribution in [0.5, 0.6) is 0 Å². The lowest BCUT2D eigenvalue weighted by atomic mass is 10.0. The van der Waals surface area contributed by atoms with Crippen molar-refractivity contribution < 1.29 is 22.8 Å². The van der Waals surface area contributed by atoms with Crippen LogP contribution < -0.4 is 0 Å². The Labute approximate surface area is 95.5 Å². The molecule has 0 aliphatic heterocycles. The van der Waals surface area contributed by atoms with Crippen molar-refractivity contribution in [2.75, 3.05) is 6.61 Å². The van der Waals surface area contributed by atoms with Crippen LogP contribution >= 0.6 is 0 Å². The molecule has 0 heterocycles. The normalized spacial score (nSPS) is 14.3. The van der Waals surface area contributed by atoms with Crippen LogP contribution in [0.2, 0.25) is 0 Å². The summed E-state index contributed by atoms with van der Waals surface area (Å²) in [6, 6.07) is 9.04. The molecular weight excluding hydrogens is 232 g/mol. The first-order valence-corrected chi connectivity index (χ1v) is 5.63. The molecule has 0 saturated heterocycles. The van der Waals surface area contributed by atoms with E-state index in [2.05, 4.69) is 4.18 Å². The highest BCUT2D eigenvalue weighted by Crippen LogP contribution is 2.10. The van der Waals surface area contributed by atoms with Crippen molar-refractivity contribution in [2.24, 2.45) is 5.92 Å². The Morgan fingerprint density at radius 1 is 1.38 bits per heavy atom. The molecule has 1 aromatic rings. The standard InChI is InChI=1S/C10H12O5S/c11-10(12)9(7-15-16(13)14)6-8-4-2-1-3-5-8/h1-5,9H,6-7H2,(H,11,12)(H,13,14). The van der Waals surface area contributed by atoms with E-state index < -0.39 is 23.2 Å². The summed E-state index contributed by atoms with van der Waals surface area (Å²) in [5.41, 5.74) is 0.849. The Hall–Kier alpha value is -1.24. The van der Waals surface area contributed by atoms with Gasteiger partial charge in [0.1, 0.15) is 0 Å². The van der Waals surface area contributed by atoms with E-state index in [4.69, 9.17) is 9.66 Å². The van der Waals surface area contributed by atoms with Crippen LogP contribution in [0.25, 0.3) is 0 Å². The highest BCUT2D eigenvalue weighted by Gasteiger charge is 2.19. The number of carboxylic acid groups (broad SMARTS) is 1. The monoisotopic (exact) mass is 244 g/mol. The lowest BCUT2D eigenvalue weighted by Gasteiger charge is -2.10. The summed E-state index contributed by atoms with van der Waals surface area (Å²) in [4.78, 5) is 10.9. The Morgan fingerprint density at radius 3 is 2.50 bits per heavy atom. The topological polar surface area (TPSA) is 83.8 Å². The number of carboxylic acids is 1. The molecule has 6 heteroatoms. The fourth-order valence-corrected chi connectivity index (χ4v) is 1.54. The van der Waals surface area contributed by atoms with E-state index in [9.17, 15) is 9.00 Å². The third-order valence-electron chi connectivity index (χ3n) is 2.04. The molecule has 0 spiro atoms. The van der Waals surface area contributed by atoms with Crippen LogP contribution in [0, 0.1) is 5.92 Å². The summed E-state index contributed by atoms with van der Waals surface area (Å²) in [6.45, 7) is -0.284.